The van der Waals surface area contributed by atoms with Gasteiger partial charge in [0.25, 0.3) is 10.0 Å². The lowest BCUT2D eigenvalue weighted by atomic mass is 9.66. The number of hydrogen-bond donors (Lipinski definition) is 4. The van der Waals surface area contributed by atoms with Crippen molar-refractivity contribution in [3.63, 3.8) is 0 Å². The number of hydrogen-bond acceptors (Lipinski definition) is 9. The van der Waals surface area contributed by atoms with Crippen LogP contribution in [0.5, 0.6) is 0 Å². The predicted molar refractivity (Wildman–Crippen MR) is 139 cm³/mol. The minimum atomic E-state index is -4.45. The van der Waals surface area contributed by atoms with Gasteiger partial charge in [-0.15, -0.1) is 15.7 Å². The number of carbonyl (C=O) groups is 1. The van der Waals surface area contributed by atoms with Gasteiger partial charge in [-0.25, -0.2) is 8.42 Å². The van der Waals surface area contributed by atoms with Crippen LogP contribution in [-0.4, -0.2) is 51.0 Å². The molecule has 0 fully saturated rings. The molecule has 1 aromatic heterocycles. The first-order valence-corrected chi connectivity index (χ1v) is 15.2. The average molecular weight is 554 g/mol. The van der Waals surface area contributed by atoms with Crippen LogP contribution in [0.25, 0.3) is 5.76 Å². The summed E-state index contributed by atoms with van der Waals surface area (Å²) in [6.45, 7) is 5.23. The molecule has 4 N–H and O–H groups in total. The Balaban J connectivity index is 1.82. The second-order valence-electron chi connectivity index (χ2n) is 9.36. The second kappa shape index (κ2) is 9.29. The van der Waals surface area contributed by atoms with Crippen molar-refractivity contribution in [2.75, 3.05) is 22.4 Å². The molecule has 4 rings (SSSR count). The molecule has 194 valence electrons. The summed E-state index contributed by atoms with van der Waals surface area (Å²) in [6.07, 6.45) is 1.22. The molecule has 1 aliphatic carbocycles. The second-order valence-corrected chi connectivity index (χ2v) is 13.6. The fourth-order valence-electron chi connectivity index (χ4n) is 4.36. The maximum atomic E-state index is 13.9. The van der Waals surface area contributed by atoms with Crippen molar-refractivity contribution in [3.05, 3.63) is 46.3 Å². The SMILES string of the molecule is CC(C)CC[C@]1(C)C(=O)C(C2=NS(=O)(=O)c3c(NS(=O)(=O)CCO)csc3N2)=C(O)c2ccccc21. The molecule has 13 heteroatoms. The quantitative estimate of drug-likeness (QED) is 0.387. The van der Waals surface area contributed by atoms with Crippen LogP contribution in [0.15, 0.2) is 44.5 Å². The van der Waals surface area contributed by atoms with E-state index in [1.807, 2.05) is 13.8 Å². The maximum absolute atomic E-state index is 13.9. The van der Waals surface area contributed by atoms with Crippen LogP contribution in [-0.2, 0) is 30.3 Å². The molecular formula is C23H27N3O7S3. The van der Waals surface area contributed by atoms with Gasteiger partial charge in [-0.1, -0.05) is 38.1 Å². The molecule has 2 heterocycles. The summed E-state index contributed by atoms with van der Waals surface area (Å²) in [5.41, 5.74) is -0.371. The van der Waals surface area contributed by atoms with E-state index >= 15 is 0 Å². The Morgan fingerprint density at radius 3 is 2.61 bits per heavy atom. The number of rotatable bonds is 8. The Morgan fingerprint density at radius 1 is 1.25 bits per heavy atom. The third-order valence-electron chi connectivity index (χ3n) is 6.27. The van der Waals surface area contributed by atoms with Crippen molar-refractivity contribution in [2.24, 2.45) is 10.3 Å². The molecule has 36 heavy (non-hydrogen) atoms. The van der Waals surface area contributed by atoms with Gasteiger partial charge in [0, 0.05) is 10.9 Å². The molecule has 0 amide bonds. The van der Waals surface area contributed by atoms with Gasteiger partial charge in [-0.2, -0.15) is 8.42 Å². The monoisotopic (exact) mass is 553 g/mol. The highest BCUT2D eigenvalue weighted by Gasteiger charge is 2.47. The number of nitrogens with one attached hydrogen (secondary N) is 2. The van der Waals surface area contributed by atoms with E-state index < -0.39 is 43.6 Å². The molecule has 0 radical (unpaired) electrons. The number of benzene rings is 1. The lowest BCUT2D eigenvalue weighted by molar-refractivity contribution is -0.120. The predicted octanol–water partition coefficient (Wildman–Crippen LogP) is 3.24. The van der Waals surface area contributed by atoms with Crippen molar-refractivity contribution in [3.8, 4) is 0 Å². The zero-order valence-electron chi connectivity index (χ0n) is 19.9. The molecule has 0 saturated carbocycles. The highest BCUT2D eigenvalue weighted by molar-refractivity contribution is 7.93. The van der Waals surface area contributed by atoms with Crippen molar-refractivity contribution >= 4 is 59.4 Å². The van der Waals surface area contributed by atoms with E-state index in [4.69, 9.17) is 5.11 Å². The van der Waals surface area contributed by atoms with E-state index in [1.54, 1.807) is 31.2 Å². The summed E-state index contributed by atoms with van der Waals surface area (Å²) >= 11 is 0.907. The molecule has 1 aromatic carbocycles. The first kappa shape index (κ1) is 26.3. The topological polar surface area (TPSA) is 162 Å². The number of Topliss-reactive ketones (excluding diaryl/α,β-unsaturated/α-hetero) is 1. The van der Waals surface area contributed by atoms with Gasteiger partial charge in [0.2, 0.25) is 10.0 Å². The van der Waals surface area contributed by atoms with Crippen molar-refractivity contribution in [1.82, 2.24) is 0 Å². The van der Waals surface area contributed by atoms with Crippen LogP contribution >= 0.6 is 11.3 Å². The highest BCUT2D eigenvalue weighted by Crippen LogP contribution is 2.46. The highest BCUT2D eigenvalue weighted by atomic mass is 32.2. The molecule has 0 unspecified atom stereocenters. The van der Waals surface area contributed by atoms with Gasteiger partial charge in [0.15, 0.2) is 11.6 Å². The van der Waals surface area contributed by atoms with Crippen molar-refractivity contribution < 1.29 is 31.8 Å². The van der Waals surface area contributed by atoms with Crippen LogP contribution in [0.3, 0.4) is 0 Å². The maximum Gasteiger partial charge on any atom is 0.289 e. The molecule has 0 spiro atoms. The minimum absolute atomic E-state index is 0.0533. The Bertz CT molecular complexity index is 1500. The van der Waals surface area contributed by atoms with E-state index in [0.717, 1.165) is 17.8 Å². The zero-order chi connectivity index (χ0) is 26.5. The van der Waals surface area contributed by atoms with E-state index in [9.17, 15) is 26.7 Å². The summed E-state index contributed by atoms with van der Waals surface area (Å²) < 4.78 is 56.4. The number of sulfonamides is 2. The number of carbonyl (C=O) groups excluding carboxylic acids is 1. The first-order valence-electron chi connectivity index (χ1n) is 11.2. The van der Waals surface area contributed by atoms with Crippen LogP contribution < -0.4 is 10.0 Å². The standard InChI is InChI=1S/C23H27N3O7S3/c1-13(2)8-9-23(3)15-7-5-4-6-14(15)18(28)17(20(23)29)21-24-22-19(36(32,33)26-21)16(12-34-22)25-35(30,31)11-10-27/h4-7,12-13,25,27-28H,8-11H2,1-3H3,(H,24,26)/t23-/m0/s1. The van der Waals surface area contributed by atoms with Crippen molar-refractivity contribution in [2.45, 2.75) is 43.9 Å². The Hall–Kier alpha value is -2.74. The van der Waals surface area contributed by atoms with Gasteiger partial charge in [-0.3, -0.25) is 9.52 Å². The number of aliphatic hydroxyl groups is 2. The molecule has 0 bridgehead atoms. The fourth-order valence-corrected chi connectivity index (χ4v) is 7.80. The lowest BCUT2D eigenvalue weighted by Gasteiger charge is -2.36. The lowest BCUT2D eigenvalue weighted by Crippen LogP contribution is -2.42. The van der Waals surface area contributed by atoms with Crippen LogP contribution in [0.4, 0.5) is 10.7 Å². The third kappa shape index (κ3) is 4.56. The summed E-state index contributed by atoms with van der Waals surface area (Å²) in [7, 11) is -8.44. The number of aliphatic hydroxyl groups excluding tert-OH is 2. The molecular weight excluding hydrogens is 526 g/mol. The van der Waals surface area contributed by atoms with E-state index in [0.29, 0.717) is 23.5 Å². The van der Waals surface area contributed by atoms with Crippen LogP contribution in [0, 0.1) is 5.92 Å². The number of thiophene rings is 1. The molecule has 2 aliphatic rings. The van der Waals surface area contributed by atoms with E-state index in [1.165, 1.54) is 5.38 Å². The number of anilines is 2. The number of fused-ring (bicyclic) bond motifs is 2. The fraction of sp³-hybridized carbons (Fsp3) is 0.391. The van der Waals surface area contributed by atoms with Gasteiger partial charge in [-0.05, 0) is 31.2 Å². The van der Waals surface area contributed by atoms with E-state index in [2.05, 4.69) is 14.4 Å². The minimum Gasteiger partial charge on any atom is -0.506 e. The number of nitrogens with zero attached hydrogens (tertiary/aromatic N) is 1. The largest absolute Gasteiger partial charge is 0.506 e. The molecule has 2 aromatic rings. The van der Waals surface area contributed by atoms with Crippen molar-refractivity contribution in [1.29, 1.82) is 0 Å². The van der Waals surface area contributed by atoms with E-state index in [-0.39, 0.29) is 32.8 Å². The molecule has 0 saturated heterocycles. The number of amidine groups is 1. The number of ketones is 1. The first-order chi connectivity index (χ1) is 16.8. The Kier molecular flexibility index (Phi) is 6.79. The van der Waals surface area contributed by atoms with Gasteiger partial charge in [0.05, 0.1) is 23.5 Å². The van der Waals surface area contributed by atoms with Gasteiger partial charge >= 0.3 is 0 Å². The molecule has 10 nitrogen and oxygen atoms in total. The zero-order valence-corrected chi connectivity index (χ0v) is 22.3. The smallest absolute Gasteiger partial charge is 0.289 e. The Labute approximate surface area is 213 Å². The summed E-state index contributed by atoms with van der Waals surface area (Å²) in [5, 5.41) is 24.2. The molecule has 1 atom stereocenters. The normalized spacial score (nSPS) is 21.0. The summed E-state index contributed by atoms with van der Waals surface area (Å²) in [5.74, 6) is -1.44. The van der Waals surface area contributed by atoms with Gasteiger partial charge < -0.3 is 15.5 Å². The summed E-state index contributed by atoms with van der Waals surface area (Å²) in [4.78, 5) is 13.5. The summed E-state index contributed by atoms with van der Waals surface area (Å²) in [6, 6.07) is 6.97. The Morgan fingerprint density at radius 2 is 1.94 bits per heavy atom. The van der Waals surface area contributed by atoms with Crippen LogP contribution in [0.1, 0.15) is 44.7 Å². The average Bonchev–Trinajstić information content (AvgIpc) is 3.19. The molecule has 1 aliphatic heterocycles. The van der Waals surface area contributed by atoms with Gasteiger partial charge in [0.1, 0.15) is 21.2 Å². The van der Waals surface area contributed by atoms with Crippen LogP contribution in [0.2, 0.25) is 0 Å². The third-order valence-corrected chi connectivity index (χ3v) is 9.91.